The van der Waals surface area contributed by atoms with E-state index in [1.54, 1.807) is 6.07 Å². The maximum atomic E-state index is 8.79. The summed E-state index contributed by atoms with van der Waals surface area (Å²) in [5, 5.41) is 20.5. The largest absolute Gasteiger partial charge is 0.381 e. The molecule has 1 heterocycles. The van der Waals surface area contributed by atoms with Crippen LogP contribution in [0, 0.1) is 22.7 Å². The van der Waals surface area contributed by atoms with Crippen molar-refractivity contribution in [3.63, 3.8) is 0 Å². The molecular formula is C10H12N6. The molecule has 0 amide bonds. The minimum atomic E-state index is -0.246. The normalized spacial score (nSPS) is 10.3. The monoisotopic (exact) mass is 216 g/mol. The van der Waals surface area contributed by atoms with Gasteiger partial charge in [0.15, 0.2) is 23.0 Å². The number of nitrogens with zero attached hydrogens (tertiary/aromatic N) is 4. The number of nitriles is 2. The van der Waals surface area contributed by atoms with Crippen molar-refractivity contribution in [2.45, 2.75) is 26.3 Å². The van der Waals surface area contributed by atoms with Crippen LogP contribution in [0.3, 0.4) is 0 Å². The molecule has 0 aliphatic heterocycles. The highest BCUT2D eigenvalue weighted by molar-refractivity contribution is 5.60. The third-order valence-corrected chi connectivity index (χ3v) is 1.63. The van der Waals surface area contributed by atoms with Crippen molar-refractivity contribution in [1.82, 2.24) is 9.97 Å². The van der Waals surface area contributed by atoms with Crippen molar-refractivity contribution >= 4 is 11.6 Å². The lowest BCUT2D eigenvalue weighted by molar-refractivity contribution is 0.630. The highest BCUT2D eigenvalue weighted by Gasteiger charge is 2.16. The zero-order valence-corrected chi connectivity index (χ0v) is 9.37. The standard InChI is InChI=1S/C10H12N6/c1-10(2,3)16-9-8(13)14-6(4-11)7(5-12)15-9/h1-3H3,(H2,13,14)(H,15,16). The van der Waals surface area contributed by atoms with Crippen LogP contribution in [-0.4, -0.2) is 15.5 Å². The zero-order valence-electron chi connectivity index (χ0n) is 9.37. The van der Waals surface area contributed by atoms with E-state index in [-0.39, 0.29) is 22.7 Å². The van der Waals surface area contributed by atoms with Gasteiger partial charge < -0.3 is 11.1 Å². The number of aromatic nitrogens is 2. The first-order valence-corrected chi connectivity index (χ1v) is 4.63. The van der Waals surface area contributed by atoms with Crippen LogP contribution in [0.2, 0.25) is 0 Å². The SMILES string of the molecule is CC(C)(C)Nc1nc(C#N)c(C#N)nc1N. The molecule has 0 atom stereocenters. The van der Waals surface area contributed by atoms with Crippen molar-refractivity contribution in [1.29, 1.82) is 10.5 Å². The summed E-state index contributed by atoms with van der Waals surface area (Å²) in [5.41, 5.74) is 5.30. The van der Waals surface area contributed by atoms with Crippen LogP contribution in [0.4, 0.5) is 11.6 Å². The van der Waals surface area contributed by atoms with E-state index in [9.17, 15) is 0 Å². The summed E-state index contributed by atoms with van der Waals surface area (Å²) in [6.07, 6.45) is 0. The lowest BCUT2D eigenvalue weighted by Gasteiger charge is -2.21. The Morgan fingerprint density at radius 3 is 2.06 bits per heavy atom. The summed E-state index contributed by atoms with van der Waals surface area (Å²) in [4.78, 5) is 7.78. The number of nitrogens with one attached hydrogen (secondary N) is 1. The topological polar surface area (TPSA) is 111 Å². The van der Waals surface area contributed by atoms with Crippen molar-refractivity contribution < 1.29 is 0 Å². The summed E-state index contributed by atoms with van der Waals surface area (Å²) < 4.78 is 0. The molecule has 0 bridgehead atoms. The minimum Gasteiger partial charge on any atom is -0.381 e. The van der Waals surface area contributed by atoms with Gasteiger partial charge in [-0.2, -0.15) is 10.5 Å². The van der Waals surface area contributed by atoms with Gasteiger partial charge in [-0.3, -0.25) is 0 Å². The van der Waals surface area contributed by atoms with Crippen LogP contribution < -0.4 is 11.1 Å². The summed E-state index contributed by atoms with van der Waals surface area (Å²) in [6.45, 7) is 5.79. The fourth-order valence-corrected chi connectivity index (χ4v) is 1.05. The smallest absolute Gasteiger partial charge is 0.179 e. The molecular weight excluding hydrogens is 204 g/mol. The quantitative estimate of drug-likeness (QED) is 0.724. The van der Waals surface area contributed by atoms with E-state index in [1.807, 2.05) is 26.8 Å². The number of rotatable bonds is 1. The number of hydrogen-bond acceptors (Lipinski definition) is 6. The number of nitrogens with two attached hydrogens (primary N) is 1. The van der Waals surface area contributed by atoms with E-state index in [0.717, 1.165) is 0 Å². The Morgan fingerprint density at radius 1 is 1.12 bits per heavy atom. The van der Waals surface area contributed by atoms with Crippen LogP contribution in [0.25, 0.3) is 0 Å². The second kappa shape index (κ2) is 4.03. The van der Waals surface area contributed by atoms with Crippen molar-refractivity contribution in [2.75, 3.05) is 11.1 Å². The van der Waals surface area contributed by atoms with E-state index in [0.29, 0.717) is 5.82 Å². The third-order valence-electron chi connectivity index (χ3n) is 1.63. The van der Waals surface area contributed by atoms with E-state index < -0.39 is 0 Å². The molecule has 1 rings (SSSR count). The Labute approximate surface area is 93.7 Å². The number of hydrogen-bond donors (Lipinski definition) is 2. The molecule has 6 heteroatoms. The number of nitrogen functional groups attached to an aromatic ring is 1. The second-order valence-electron chi connectivity index (χ2n) is 4.25. The third kappa shape index (κ3) is 2.58. The minimum absolute atomic E-state index is 0.0246. The Kier molecular flexibility index (Phi) is 2.96. The van der Waals surface area contributed by atoms with E-state index in [4.69, 9.17) is 16.3 Å². The van der Waals surface area contributed by atoms with Crippen LogP contribution in [0.15, 0.2) is 0 Å². The lowest BCUT2D eigenvalue weighted by atomic mass is 10.1. The maximum absolute atomic E-state index is 8.79. The highest BCUT2D eigenvalue weighted by Crippen LogP contribution is 2.19. The summed E-state index contributed by atoms with van der Waals surface area (Å²) >= 11 is 0. The molecule has 0 fully saturated rings. The summed E-state index contributed by atoms with van der Waals surface area (Å²) in [6, 6.07) is 3.58. The molecule has 3 N–H and O–H groups in total. The predicted octanol–water partition coefficient (Wildman–Crippen LogP) is 1.01. The average molecular weight is 216 g/mol. The lowest BCUT2D eigenvalue weighted by Crippen LogP contribution is -2.28. The Hall–Kier alpha value is -2.34. The molecule has 6 nitrogen and oxygen atoms in total. The first kappa shape index (κ1) is 11.7. The van der Waals surface area contributed by atoms with Gasteiger partial charge in [0.1, 0.15) is 12.1 Å². The zero-order chi connectivity index (χ0) is 12.3. The van der Waals surface area contributed by atoms with Crippen molar-refractivity contribution in [3.8, 4) is 12.1 Å². The Balaban J connectivity index is 3.25. The first-order chi connectivity index (χ1) is 7.37. The molecule has 16 heavy (non-hydrogen) atoms. The van der Waals surface area contributed by atoms with Gasteiger partial charge in [0.05, 0.1) is 0 Å². The molecule has 1 aromatic heterocycles. The van der Waals surface area contributed by atoms with Gasteiger partial charge in [-0.05, 0) is 20.8 Å². The molecule has 1 aromatic rings. The molecule has 0 saturated heterocycles. The van der Waals surface area contributed by atoms with E-state index in [1.165, 1.54) is 0 Å². The maximum Gasteiger partial charge on any atom is 0.179 e. The molecule has 0 spiro atoms. The Morgan fingerprint density at radius 2 is 1.62 bits per heavy atom. The molecule has 0 unspecified atom stereocenters. The van der Waals surface area contributed by atoms with Gasteiger partial charge in [-0.15, -0.1) is 0 Å². The molecule has 0 saturated carbocycles. The fraction of sp³-hybridized carbons (Fsp3) is 0.400. The van der Waals surface area contributed by atoms with Gasteiger partial charge in [-0.25, -0.2) is 9.97 Å². The van der Waals surface area contributed by atoms with Gasteiger partial charge in [0.25, 0.3) is 0 Å². The molecule has 0 aromatic carbocycles. The number of anilines is 2. The van der Waals surface area contributed by atoms with Crippen molar-refractivity contribution in [2.24, 2.45) is 0 Å². The molecule has 82 valence electrons. The second-order valence-corrected chi connectivity index (χ2v) is 4.25. The van der Waals surface area contributed by atoms with Crippen LogP contribution in [-0.2, 0) is 0 Å². The van der Waals surface area contributed by atoms with Gasteiger partial charge in [0.2, 0.25) is 0 Å². The summed E-state index contributed by atoms with van der Waals surface area (Å²) in [7, 11) is 0. The van der Waals surface area contributed by atoms with Crippen LogP contribution in [0.5, 0.6) is 0 Å². The first-order valence-electron chi connectivity index (χ1n) is 4.63. The Bertz CT molecular complexity index is 486. The van der Waals surface area contributed by atoms with Crippen LogP contribution >= 0.6 is 0 Å². The summed E-state index contributed by atoms with van der Waals surface area (Å²) in [5.74, 6) is 0.438. The van der Waals surface area contributed by atoms with Gasteiger partial charge in [-0.1, -0.05) is 0 Å². The van der Waals surface area contributed by atoms with Crippen LogP contribution in [0.1, 0.15) is 32.2 Å². The molecule has 0 aliphatic carbocycles. The van der Waals surface area contributed by atoms with E-state index >= 15 is 0 Å². The highest BCUT2D eigenvalue weighted by atomic mass is 15.1. The van der Waals surface area contributed by atoms with Crippen molar-refractivity contribution in [3.05, 3.63) is 11.4 Å². The predicted molar refractivity (Wildman–Crippen MR) is 59.3 cm³/mol. The van der Waals surface area contributed by atoms with Gasteiger partial charge >= 0.3 is 0 Å². The molecule has 0 aliphatic rings. The fourth-order valence-electron chi connectivity index (χ4n) is 1.05. The molecule has 0 radical (unpaired) electrons. The average Bonchev–Trinajstić information content (AvgIpc) is 2.18. The van der Waals surface area contributed by atoms with Gasteiger partial charge in [0, 0.05) is 5.54 Å². The van der Waals surface area contributed by atoms with E-state index in [2.05, 4.69) is 15.3 Å².